The average Bonchev–Trinajstić information content (AvgIpc) is 3.15. The topological polar surface area (TPSA) is 197 Å². The van der Waals surface area contributed by atoms with Gasteiger partial charge in [-0.25, -0.2) is 0 Å². The molecule has 0 unspecified atom stereocenters. The zero-order valence-corrected chi connectivity index (χ0v) is 35.5. The van der Waals surface area contributed by atoms with Gasteiger partial charge in [0.1, 0.15) is 0 Å². The molecule has 0 saturated heterocycles. The molecule has 0 saturated carbocycles. The molecule has 6 N–H and O–H groups in total. The van der Waals surface area contributed by atoms with Crippen LogP contribution in [0.1, 0.15) is 28.7 Å². The molecule has 55 heavy (non-hydrogen) atoms. The average molecular weight is 990 g/mol. The van der Waals surface area contributed by atoms with E-state index in [1.807, 2.05) is 38.1 Å². The first-order valence-electron chi connectivity index (χ1n) is 16.5. The number of nitrogens with zero attached hydrogens (tertiary/aromatic N) is 8. The normalized spacial score (nSPS) is 10.5. The van der Waals surface area contributed by atoms with Gasteiger partial charge >= 0.3 is 0 Å². The van der Waals surface area contributed by atoms with Gasteiger partial charge in [-0.3, -0.25) is 0 Å². The highest BCUT2D eigenvalue weighted by molar-refractivity contribution is 9.11. The molecule has 4 aromatic carbocycles. The van der Waals surface area contributed by atoms with E-state index >= 15 is 0 Å². The predicted molar refractivity (Wildman–Crippen MR) is 230 cm³/mol. The molecule has 6 rings (SSSR count). The maximum absolute atomic E-state index is 9.19. The van der Waals surface area contributed by atoms with E-state index in [-0.39, 0.29) is 0 Å². The zero-order valence-electron chi connectivity index (χ0n) is 29.1. The number of nitriles is 2. The molecule has 2 heterocycles. The smallest absolute Gasteiger partial charge is 0.233 e. The van der Waals surface area contributed by atoms with Gasteiger partial charge in [0.25, 0.3) is 0 Å². The van der Waals surface area contributed by atoms with Gasteiger partial charge in [0.2, 0.25) is 35.7 Å². The van der Waals surface area contributed by atoms with Crippen molar-refractivity contribution in [2.45, 2.75) is 20.3 Å². The Bertz CT molecular complexity index is 2200. The molecule has 0 fully saturated rings. The Morgan fingerprint density at radius 2 is 0.782 bits per heavy atom. The Hall–Kier alpha value is -5.40. The predicted octanol–water partition coefficient (Wildman–Crippen LogP) is 10.4. The molecule has 0 spiro atoms. The lowest BCUT2D eigenvalue weighted by atomic mass is 10.2. The Labute approximate surface area is 350 Å². The number of rotatable bonds is 14. The minimum atomic E-state index is 0.307. The van der Waals surface area contributed by atoms with Crippen LogP contribution in [0.25, 0.3) is 0 Å². The molecule has 0 aliphatic heterocycles. The first-order valence-corrected chi connectivity index (χ1v) is 19.7. The lowest BCUT2D eigenvalue weighted by molar-refractivity contribution is 0.877. The van der Waals surface area contributed by atoms with E-state index in [4.69, 9.17) is 0 Å². The second-order valence-corrected chi connectivity index (χ2v) is 15.3. The van der Waals surface area contributed by atoms with E-state index < -0.39 is 0 Å². The number of aryl methyl sites for hydroxylation is 2. The quantitative estimate of drug-likeness (QED) is 0.0564. The molecule has 6 aromatic rings. The molecule has 18 heteroatoms. The number of hydrogen-bond acceptors (Lipinski definition) is 14. The van der Waals surface area contributed by atoms with E-state index in [0.717, 1.165) is 40.4 Å². The summed E-state index contributed by atoms with van der Waals surface area (Å²) in [6, 6.07) is 26.2. The van der Waals surface area contributed by atoms with E-state index in [9.17, 15) is 10.5 Å². The lowest BCUT2D eigenvalue weighted by Crippen LogP contribution is -2.15. The molecular weight excluding hydrogens is 960 g/mol. The SMILES string of the molecule is Cc1cc(Br)c(Nc2nc(NCCCNc3nc(Nc4ccc(C#N)cc4)nc(Nc4c(Br)cc(C)cc4Br)n3)nc(Nc3ccc(C#N)cc3)n2)c(Br)c1. The molecule has 0 aliphatic rings. The summed E-state index contributed by atoms with van der Waals surface area (Å²) in [7, 11) is 0. The third-order valence-electron chi connectivity index (χ3n) is 7.58. The molecule has 2 aromatic heterocycles. The fraction of sp³-hybridized carbons (Fsp3) is 0.135. The van der Waals surface area contributed by atoms with Crippen LogP contribution in [0.2, 0.25) is 0 Å². The van der Waals surface area contributed by atoms with Gasteiger partial charge in [0.15, 0.2) is 0 Å². The van der Waals surface area contributed by atoms with Gasteiger partial charge < -0.3 is 31.9 Å². The Kier molecular flexibility index (Phi) is 13.1. The number of nitrogens with one attached hydrogen (secondary N) is 6. The fourth-order valence-electron chi connectivity index (χ4n) is 5.00. The summed E-state index contributed by atoms with van der Waals surface area (Å²) in [5.41, 5.74) is 6.20. The Morgan fingerprint density at radius 1 is 0.473 bits per heavy atom. The van der Waals surface area contributed by atoms with Crippen molar-refractivity contribution >= 4 is 122 Å². The van der Waals surface area contributed by atoms with Crippen LogP contribution in [0.3, 0.4) is 0 Å². The van der Waals surface area contributed by atoms with Crippen molar-refractivity contribution in [1.29, 1.82) is 10.5 Å². The monoisotopic (exact) mass is 986 g/mol. The van der Waals surface area contributed by atoms with Crippen molar-refractivity contribution in [2.75, 3.05) is 45.0 Å². The summed E-state index contributed by atoms with van der Waals surface area (Å²) in [5.74, 6) is 1.95. The lowest BCUT2D eigenvalue weighted by Gasteiger charge is -2.14. The summed E-state index contributed by atoms with van der Waals surface area (Å²) in [5, 5.41) is 38.0. The molecule has 0 aliphatic carbocycles. The van der Waals surface area contributed by atoms with Crippen LogP contribution in [0.15, 0.2) is 90.7 Å². The number of benzene rings is 4. The van der Waals surface area contributed by atoms with Crippen molar-refractivity contribution in [3.05, 3.63) is 113 Å². The molecule has 14 nitrogen and oxygen atoms in total. The fourth-order valence-corrected chi connectivity index (χ4v) is 8.23. The van der Waals surface area contributed by atoms with Crippen LogP contribution in [0.5, 0.6) is 0 Å². The molecule has 276 valence electrons. The Morgan fingerprint density at radius 3 is 1.11 bits per heavy atom. The summed E-state index contributed by atoms with van der Waals surface area (Å²) in [4.78, 5) is 27.6. The van der Waals surface area contributed by atoms with Crippen molar-refractivity contribution in [3.63, 3.8) is 0 Å². The molecular formula is C37H30Br4N14. The van der Waals surface area contributed by atoms with Gasteiger partial charge in [-0.15, -0.1) is 0 Å². The van der Waals surface area contributed by atoms with E-state index in [0.29, 0.717) is 77.7 Å². The first-order chi connectivity index (χ1) is 26.5. The second-order valence-electron chi connectivity index (χ2n) is 11.9. The maximum Gasteiger partial charge on any atom is 0.233 e. The third kappa shape index (κ3) is 10.9. The number of aromatic nitrogens is 6. The van der Waals surface area contributed by atoms with E-state index in [1.165, 1.54) is 0 Å². The van der Waals surface area contributed by atoms with Crippen molar-refractivity contribution in [3.8, 4) is 12.1 Å². The van der Waals surface area contributed by atoms with Gasteiger partial charge in [-0.2, -0.15) is 40.4 Å². The zero-order chi connectivity index (χ0) is 38.9. The van der Waals surface area contributed by atoms with Gasteiger partial charge in [0, 0.05) is 42.4 Å². The highest BCUT2D eigenvalue weighted by atomic mass is 79.9. The molecule has 0 bridgehead atoms. The highest BCUT2D eigenvalue weighted by Gasteiger charge is 2.14. The van der Waals surface area contributed by atoms with Crippen LogP contribution < -0.4 is 31.9 Å². The maximum atomic E-state index is 9.19. The number of anilines is 10. The van der Waals surface area contributed by atoms with Gasteiger partial charge in [-0.05, 0) is 168 Å². The largest absolute Gasteiger partial charge is 0.354 e. The summed E-state index contributed by atoms with van der Waals surface area (Å²) < 4.78 is 3.36. The van der Waals surface area contributed by atoms with Crippen molar-refractivity contribution in [2.24, 2.45) is 0 Å². The molecule has 0 atom stereocenters. The van der Waals surface area contributed by atoms with E-state index in [1.54, 1.807) is 48.5 Å². The number of halogens is 4. The third-order valence-corrected chi connectivity index (χ3v) is 10.1. The van der Waals surface area contributed by atoms with Gasteiger partial charge in [0.05, 0.1) is 34.6 Å². The van der Waals surface area contributed by atoms with Crippen LogP contribution in [-0.4, -0.2) is 43.0 Å². The molecule has 0 radical (unpaired) electrons. The van der Waals surface area contributed by atoms with Crippen LogP contribution in [-0.2, 0) is 0 Å². The van der Waals surface area contributed by atoms with Crippen molar-refractivity contribution in [1.82, 2.24) is 29.9 Å². The standard InChI is InChI=1S/C37H30Br4N14/c1-20-14-26(38)30(27(39)15-20)48-36-52-32(50-34(54-36)46-24-8-4-22(18-42)5-9-24)44-12-3-13-45-33-51-35(47-25-10-6-23(19-43)7-11-25)55-37(53-33)49-31-28(40)16-21(2)17-29(31)41/h4-11,14-17H,3,12-13H2,1-2H3,(H3,44,46,48,50,52,54)(H3,45,47,49,51,53,55). The van der Waals surface area contributed by atoms with Crippen LogP contribution >= 0.6 is 63.7 Å². The highest BCUT2D eigenvalue weighted by Crippen LogP contribution is 2.35. The van der Waals surface area contributed by atoms with Gasteiger partial charge in [-0.1, -0.05) is 0 Å². The van der Waals surface area contributed by atoms with Crippen molar-refractivity contribution < 1.29 is 0 Å². The van der Waals surface area contributed by atoms with Crippen LogP contribution in [0.4, 0.5) is 58.4 Å². The summed E-state index contributed by atoms with van der Waals surface area (Å²) in [6.45, 7) is 5.01. The minimum Gasteiger partial charge on any atom is -0.354 e. The second kappa shape index (κ2) is 18.3. The summed E-state index contributed by atoms with van der Waals surface area (Å²) >= 11 is 14.5. The summed E-state index contributed by atoms with van der Waals surface area (Å²) in [6.07, 6.45) is 0.643. The first kappa shape index (κ1) is 39.3. The molecule has 0 amide bonds. The minimum absolute atomic E-state index is 0.307. The Balaban J connectivity index is 1.17. The number of hydrogen-bond donors (Lipinski definition) is 6. The van der Waals surface area contributed by atoms with E-state index in [2.05, 4.69) is 138 Å². The van der Waals surface area contributed by atoms with Crippen LogP contribution in [0, 0.1) is 36.5 Å².